The molecule has 212 valence electrons. The molecular weight excluding hydrogens is 496 g/mol. The molecule has 1 aromatic rings. The van der Waals surface area contributed by atoms with Crippen molar-refractivity contribution in [3.8, 4) is 5.75 Å². The van der Waals surface area contributed by atoms with E-state index < -0.39 is 0 Å². The topological polar surface area (TPSA) is 90.5 Å². The van der Waals surface area contributed by atoms with Crippen LogP contribution >= 0.6 is 0 Å². The van der Waals surface area contributed by atoms with Crippen LogP contribution in [0.1, 0.15) is 45.6 Å². The Bertz CT molecular complexity index is 1070. The third-order valence-electron chi connectivity index (χ3n) is 7.82. The van der Waals surface area contributed by atoms with Crippen molar-refractivity contribution in [1.82, 2.24) is 19.6 Å². The monoisotopic (exact) mass is 538 g/mol. The predicted octanol–water partition coefficient (Wildman–Crippen LogP) is 2.56. The SMILES string of the molecule is CC(C)(C)CC(=O)N1CC(=O)N2CC[C@@H](CC(=O)N3CCN(C=O)CC3)[C@@H](/C=C\COc3ccccc3C1)C2. The van der Waals surface area contributed by atoms with Crippen LogP contribution in [0.15, 0.2) is 36.4 Å². The lowest BCUT2D eigenvalue weighted by Crippen LogP contribution is -2.50. The number of benzene rings is 1. The highest BCUT2D eigenvalue weighted by Gasteiger charge is 2.34. The Labute approximate surface area is 231 Å². The van der Waals surface area contributed by atoms with Crippen LogP contribution in [0.4, 0.5) is 0 Å². The number of carbonyl (C=O) groups excluding carboxylic acids is 4. The van der Waals surface area contributed by atoms with E-state index in [1.165, 1.54) is 0 Å². The van der Waals surface area contributed by atoms with Crippen molar-refractivity contribution in [3.63, 3.8) is 0 Å². The molecule has 0 N–H and O–H groups in total. The number of para-hydroxylation sites is 1. The summed E-state index contributed by atoms with van der Waals surface area (Å²) >= 11 is 0. The Morgan fingerprint density at radius 3 is 2.46 bits per heavy atom. The normalized spacial score (nSPS) is 23.5. The number of carbonyl (C=O) groups is 4. The minimum Gasteiger partial charge on any atom is -0.489 e. The van der Waals surface area contributed by atoms with Crippen LogP contribution in [0.5, 0.6) is 5.75 Å². The molecule has 0 saturated carbocycles. The largest absolute Gasteiger partial charge is 0.489 e. The Hall–Kier alpha value is -3.36. The molecule has 2 saturated heterocycles. The fraction of sp³-hybridized carbons (Fsp3) is 0.600. The maximum absolute atomic E-state index is 13.5. The molecule has 39 heavy (non-hydrogen) atoms. The molecule has 0 spiro atoms. The zero-order valence-electron chi connectivity index (χ0n) is 23.5. The van der Waals surface area contributed by atoms with E-state index in [0.29, 0.717) is 71.0 Å². The highest BCUT2D eigenvalue weighted by atomic mass is 16.5. The number of hydrogen-bond acceptors (Lipinski definition) is 5. The summed E-state index contributed by atoms with van der Waals surface area (Å²) < 4.78 is 6.10. The number of amides is 4. The predicted molar refractivity (Wildman–Crippen MR) is 148 cm³/mol. The Balaban J connectivity index is 1.51. The van der Waals surface area contributed by atoms with Crippen molar-refractivity contribution >= 4 is 24.1 Å². The molecule has 1 aromatic carbocycles. The third kappa shape index (κ3) is 7.83. The molecule has 2 fully saturated rings. The van der Waals surface area contributed by atoms with Crippen molar-refractivity contribution in [2.24, 2.45) is 17.3 Å². The summed E-state index contributed by atoms with van der Waals surface area (Å²) in [5.41, 5.74) is 0.674. The van der Waals surface area contributed by atoms with Crippen LogP contribution in [0.2, 0.25) is 0 Å². The average Bonchev–Trinajstić information content (AvgIpc) is 2.91. The van der Waals surface area contributed by atoms with Crippen molar-refractivity contribution in [2.45, 2.75) is 46.6 Å². The fourth-order valence-corrected chi connectivity index (χ4v) is 5.57. The number of piperidine rings is 1. The maximum atomic E-state index is 13.5. The number of nitrogens with zero attached hydrogens (tertiary/aromatic N) is 4. The quantitative estimate of drug-likeness (QED) is 0.434. The molecule has 3 aliphatic rings. The smallest absolute Gasteiger partial charge is 0.242 e. The van der Waals surface area contributed by atoms with Gasteiger partial charge in [0.25, 0.3) is 0 Å². The van der Waals surface area contributed by atoms with Crippen molar-refractivity contribution in [2.75, 3.05) is 52.4 Å². The van der Waals surface area contributed by atoms with E-state index in [2.05, 4.69) is 6.08 Å². The first-order valence-corrected chi connectivity index (χ1v) is 14.0. The molecule has 2 bridgehead atoms. The molecule has 9 nitrogen and oxygen atoms in total. The molecule has 0 aliphatic carbocycles. The fourth-order valence-electron chi connectivity index (χ4n) is 5.57. The number of fused-ring (bicyclic) bond motifs is 3. The lowest BCUT2D eigenvalue weighted by atomic mass is 9.82. The van der Waals surface area contributed by atoms with Gasteiger partial charge in [-0.3, -0.25) is 19.2 Å². The van der Waals surface area contributed by atoms with Gasteiger partial charge in [0.2, 0.25) is 24.1 Å². The molecule has 0 unspecified atom stereocenters. The third-order valence-corrected chi connectivity index (χ3v) is 7.82. The Morgan fingerprint density at radius 1 is 1.00 bits per heavy atom. The summed E-state index contributed by atoms with van der Waals surface area (Å²) in [4.78, 5) is 58.0. The van der Waals surface area contributed by atoms with Crippen LogP contribution in [-0.4, -0.2) is 96.2 Å². The standard InChI is InChI=1S/C30H42N4O5/c1-30(2,3)18-28(37)34-20-25-7-4-5-9-26(25)39-16-6-8-24-19-33(29(38)21-34)11-10-23(24)17-27(36)32-14-12-31(22-35)13-15-32/h4-9,22-24H,10-21H2,1-3H3/b8-6-/t23-,24-/m0/s1. The second-order valence-electron chi connectivity index (χ2n) is 12.1. The summed E-state index contributed by atoms with van der Waals surface area (Å²) in [5.74, 6) is 0.810. The van der Waals surface area contributed by atoms with Gasteiger partial charge in [-0.25, -0.2) is 0 Å². The molecule has 4 amide bonds. The number of rotatable bonds is 4. The van der Waals surface area contributed by atoms with Gasteiger partial charge in [0.05, 0.1) is 0 Å². The van der Waals surface area contributed by atoms with Crippen molar-refractivity contribution in [3.05, 3.63) is 42.0 Å². The number of hydrogen-bond donors (Lipinski definition) is 0. The highest BCUT2D eigenvalue weighted by molar-refractivity contribution is 5.85. The number of piperazine rings is 1. The van der Waals surface area contributed by atoms with Gasteiger partial charge in [-0.05, 0) is 29.7 Å². The summed E-state index contributed by atoms with van der Waals surface area (Å²) in [7, 11) is 0. The van der Waals surface area contributed by atoms with Gasteiger partial charge in [-0.2, -0.15) is 0 Å². The van der Waals surface area contributed by atoms with Crippen LogP contribution in [0.25, 0.3) is 0 Å². The van der Waals surface area contributed by atoms with E-state index in [4.69, 9.17) is 4.74 Å². The summed E-state index contributed by atoms with van der Waals surface area (Å²) in [6.45, 7) is 10.1. The van der Waals surface area contributed by atoms with Gasteiger partial charge in [0, 0.05) is 64.2 Å². The lowest BCUT2D eigenvalue weighted by molar-refractivity contribution is -0.143. The van der Waals surface area contributed by atoms with E-state index in [1.54, 1.807) is 9.80 Å². The molecular formula is C30H42N4O5. The van der Waals surface area contributed by atoms with Crippen LogP contribution < -0.4 is 4.74 Å². The molecule has 2 atom stereocenters. The van der Waals surface area contributed by atoms with E-state index >= 15 is 0 Å². The van der Waals surface area contributed by atoms with E-state index in [0.717, 1.165) is 18.4 Å². The van der Waals surface area contributed by atoms with Crippen LogP contribution in [0, 0.1) is 17.3 Å². The van der Waals surface area contributed by atoms with E-state index in [9.17, 15) is 19.2 Å². The van der Waals surface area contributed by atoms with Crippen molar-refractivity contribution < 1.29 is 23.9 Å². The highest BCUT2D eigenvalue weighted by Crippen LogP contribution is 2.30. The summed E-state index contributed by atoms with van der Waals surface area (Å²) in [6.07, 6.45) is 6.39. The van der Waals surface area contributed by atoms with Gasteiger partial charge in [0.15, 0.2) is 0 Å². The minimum atomic E-state index is -0.197. The molecule has 3 aliphatic heterocycles. The molecule has 0 aromatic heterocycles. The second kappa shape index (κ2) is 12.7. The van der Waals surface area contributed by atoms with Gasteiger partial charge in [-0.15, -0.1) is 0 Å². The van der Waals surface area contributed by atoms with E-state index in [-0.39, 0.29) is 41.5 Å². The minimum absolute atomic E-state index is 0.0150. The van der Waals surface area contributed by atoms with Gasteiger partial charge < -0.3 is 24.3 Å². The lowest BCUT2D eigenvalue weighted by Gasteiger charge is -2.39. The van der Waals surface area contributed by atoms with Gasteiger partial charge >= 0.3 is 0 Å². The summed E-state index contributed by atoms with van der Waals surface area (Å²) in [5, 5.41) is 0. The number of ether oxygens (including phenoxy) is 1. The van der Waals surface area contributed by atoms with Crippen molar-refractivity contribution in [1.29, 1.82) is 0 Å². The van der Waals surface area contributed by atoms with Crippen LogP contribution in [-0.2, 0) is 25.7 Å². The molecule has 9 heteroatoms. The van der Waals surface area contributed by atoms with Gasteiger partial charge in [-0.1, -0.05) is 51.1 Å². The first kappa shape index (κ1) is 28.6. The maximum Gasteiger partial charge on any atom is 0.242 e. The second-order valence-corrected chi connectivity index (χ2v) is 12.1. The van der Waals surface area contributed by atoms with Gasteiger partial charge in [0.1, 0.15) is 18.9 Å². The first-order valence-electron chi connectivity index (χ1n) is 14.0. The molecule has 3 heterocycles. The summed E-state index contributed by atoms with van der Waals surface area (Å²) in [6, 6.07) is 7.66. The zero-order chi connectivity index (χ0) is 28.0. The Kier molecular flexibility index (Phi) is 9.30. The first-order chi connectivity index (χ1) is 18.6. The molecule has 0 radical (unpaired) electrons. The van der Waals surface area contributed by atoms with E-state index in [1.807, 2.05) is 60.9 Å². The average molecular weight is 539 g/mol. The van der Waals surface area contributed by atoms with Crippen LogP contribution in [0.3, 0.4) is 0 Å². The molecule has 4 rings (SSSR count). The Morgan fingerprint density at radius 2 is 1.74 bits per heavy atom. The zero-order valence-corrected chi connectivity index (χ0v) is 23.5.